The van der Waals surface area contributed by atoms with Crippen molar-refractivity contribution in [3.8, 4) is 0 Å². The molecule has 2 rings (SSSR count). The van der Waals surface area contributed by atoms with Gasteiger partial charge >= 0.3 is 0 Å². The zero-order valence-corrected chi connectivity index (χ0v) is 13.4. The Morgan fingerprint density at radius 1 is 1.10 bits per heavy atom. The number of nitrogens with zero attached hydrogens (tertiary/aromatic N) is 1. The Labute approximate surface area is 128 Å². The van der Waals surface area contributed by atoms with Crippen LogP contribution in [-0.2, 0) is 17.9 Å². The summed E-state index contributed by atoms with van der Waals surface area (Å²) in [5, 5.41) is 2.98. The van der Waals surface area contributed by atoms with Crippen LogP contribution in [-0.4, -0.2) is 23.9 Å². The van der Waals surface area contributed by atoms with E-state index >= 15 is 0 Å². The summed E-state index contributed by atoms with van der Waals surface area (Å²) in [4.78, 5) is 14.2. The highest BCUT2D eigenvalue weighted by molar-refractivity contribution is 5.76. The van der Waals surface area contributed by atoms with Crippen molar-refractivity contribution in [1.82, 2.24) is 10.2 Å². The summed E-state index contributed by atoms with van der Waals surface area (Å²) in [5.41, 5.74) is 2.55. The van der Waals surface area contributed by atoms with Gasteiger partial charge in [0.15, 0.2) is 0 Å². The Hall–Kier alpha value is -1.35. The Morgan fingerprint density at radius 3 is 2.33 bits per heavy atom. The Morgan fingerprint density at radius 2 is 1.71 bits per heavy atom. The standard InChI is InChI=1S/C18H28N2O/c1-15(2)12-18(21)19-13-16-6-8-17(9-7-16)14-20-10-4-3-5-11-20/h6-9,15H,3-5,10-14H2,1-2H3,(H,19,21). The van der Waals surface area contributed by atoms with E-state index in [1.165, 1.54) is 43.5 Å². The van der Waals surface area contributed by atoms with E-state index in [1.807, 2.05) is 0 Å². The fraction of sp³-hybridized carbons (Fsp3) is 0.611. The summed E-state index contributed by atoms with van der Waals surface area (Å²) in [6.07, 6.45) is 4.65. The highest BCUT2D eigenvalue weighted by Crippen LogP contribution is 2.13. The van der Waals surface area contributed by atoms with Gasteiger partial charge in [0.1, 0.15) is 0 Å². The summed E-state index contributed by atoms with van der Waals surface area (Å²) in [6.45, 7) is 8.28. The Bertz CT molecular complexity index is 433. The van der Waals surface area contributed by atoms with Gasteiger partial charge in [0.25, 0.3) is 0 Å². The normalized spacial score (nSPS) is 16.1. The molecule has 1 saturated heterocycles. The van der Waals surface area contributed by atoms with E-state index in [9.17, 15) is 4.79 Å². The lowest BCUT2D eigenvalue weighted by Crippen LogP contribution is -2.29. The first-order valence-electron chi connectivity index (χ1n) is 8.20. The fourth-order valence-corrected chi connectivity index (χ4v) is 2.78. The Kier molecular flexibility index (Phi) is 6.24. The van der Waals surface area contributed by atoms with Crippen molar-refractivity contribution in [2.24, 2.45) is 5.92 Å². The smallest absolute Gasteiger partial charge is 0.220 e. The molecular formula is C18H28N2O. The van der Waals surface area contributed by atoms with Gasteiger partial charge in [-0.2, -0.15) is 0 Å². The first kappa shape index (κ1) is 16.0. The van der Waals surface area contributed by atoms with Gasteiger partial charge in [-0.25, -0.2) is 0 Å². The molecule has 1 aliphatic rings. The quantitative estimate of drug-likeness (QED) is 0.871. The molecule has 0 spiro atoms. The van der Waals surface area contributed by atoms with Gasteiger partial charge in [-0.15, -0.1) is 0 Å². The summed E-state index contributed by atoms with van der Waals surface area (Å²) in [5.74, 6) is 0.555. The van der Waals surface area contributed by atoms with Crippen LogP contribution >= 0.6 is 0 Å². The van der Waals surface area contributed by atoms with Crippen LogP contribution in [0.25, 0.3) is 0 Å². The largest absolute Gasteiger partial charge is 0.352 e. The molecule has 0 atom stereocenters. The van der Waals surface area contributed by atoms with E-state index in [0.29, 0.717) is 18.9 Å². The average molecular weight is 288 g/mol. The maximum Gasteiger partial charge on any atom is 0.220 e. The monoisotopic (exact) mass is 288 g/mol. The first-order chi connectivity index (χ1) is 10.1. The van der Waals surface area contributed by atoms with Crippen molar-refractivity contribution < 1.29 is 4.79 Å². The molecule has 0 radical (unpaired) electrons. The second kappa shape index (κ2) is 8.18. The predicted molar refractivity (Wildman–Crippen MR) is 86.9 cm³/mol. The van der Waals surface area contributed by atoms with Gasteiger partial charge in [-0.1, -0.05) is 44.5 Å². The minimum absolute atomic E-state index is 0.141. The number of piperidine rings is 1. The average Bonchev–Trinajstić information content (AvgIpc) is 2.47. The van der Waals surface area contributed by atoms with Gasteiger partial charge in [0, 0.05) is 19.5 Å². The van der Waals surface area contributed by atoms with Crippen molar-refractivity contribution in [2.45, 2.75) is 52.6 Å². The number of carbonyl (C=O) groups is 1. The summed E-state index contributed by atoms with van der Waals surface area (Å²) in [7, 11) is 0. The zero-order valence-electron chi connectivity index (χ0n) is 13.4. The van der Waals surface area contributed by atoms with Crippen molar-refractivity contribution in [3.63, 3.8) is 0 Å². The molecule has 1 aromatic carbocycles. The number of hydrogen-bond acceptors (Lipinski definition) is 2. The molecule has 1 fully saturated rings. The molecule has 1 heterocycles. The molecule has 1 aliphatic heterocycles. The maximum absolute atomic E-state index is 11.6. The molecule has 0 aromatic heterocycles. The first-order valence-corrected chi connectivity index (χ1v) is 8.20. The molecule has 116 valence electrons. The van der Waals surface area contributed by atoms with E-state index < -0.39 is 0 Å². The molecule has 3 heteroatoms. The topological polar surface area (TPSA) is 32.3 Å². The molecule has 0 aliphatic carbocycles. The summed E-state index contributed by atoms with van der Waals surface area (Å²) < 4.78 is 0. The number of hydrogen-bond donors (Lipinski definition) is 1. The van der Waals surface area contributed by atoms with Crippen molar-refractivity contribution in [3.05, 3.63) is 35.4 Å². The van der Waals surface area contributed by atoms with E-state index in [0.717, 1.165) is 6.54 Å². The molecule has 1 amide bonds. The van der Waals surface area contributed by atoms with E-state index in [-0.39, 0.29) is 5.91 Å². The second-order valence-electron chi connectivity index (χ2n) is 6.53. The van der Waals surface area contributed by atoms with Crippen molar-refractivity contribution >= 4 is 5.91 Å². The molecule has 21 heavy (non-hydrogen) atoms. The van der Waals surface area contributed by atoms with Gasteiger partial charge < -0.3 is 5.32 Å². The predicted octanol–water partition coefficient (Wildman–Crippen LogP) is 3.33. The minimum Gasteiger partial charge on any atom is -0.352 e. The van der Waals surface area contributed by atoms with Gasteiger partial charge in [0.05, 0.1) is 0 Å². The summed E-state index contributed by atoms with van der Waals surface area (Å²) >= 11 is 0. The lowest BCUT2D eigenvalue weighted by atomic mass is 10.1. The lowest BCUT2D eigenvalue weighted by Gasteiger charge is -2.26. The molecule has 0 bridgehead atoms. The zero-order chi connectivity index (χ0) is 15.1. The molecule has 0 unspecified atom stereocenters. The van der Waals surface area contributed by atoms with Crippen LogP contribution in [0.3, 0.4) is 0 Å². The van der Waals surface area contributed by atoms with E-state index in [4.69, 9.17) is 0 Å². The minimum atomic E-state index is 0.141. The molecule has 3 nitrogen and oxygen atoms in total. The van der Waals surface area contributed by atoms with Gasteiger partial charge in [-0.3, -0.25) is 9.69 Å². The summed E-state index contributed by atoms with van der Waals surface area (Å²) in [6, 6.07) is 8.65. The number of rotatable bonds is 6. The van der Waals surface area contributed by atoms with Crippen molar-refractivity contribution in [1.29, 1.82) is 0 Å². The molecule has 0 saturated carbocycles. The van der Waals surface area contributed by atoms with Crippen LogP contribution in [0.4, 0.5) is 0 Å². The van der Waals surface area contributed by atoms with Gasteiger partial charge in [0.2, 0.25) is 5.91 Å². The van der Waals surface area contributed by atoms with Crippen LogP contribution in [0.15, 0.2) is 24.3 Å². The number of carbonyl (C=O) groups excluding carboxylic acids is 1. The number of likely N-dealkylation sites (tertiary alicyclic amines) is 1. The third-order valence-electron chi connectivity index (χ3n) is 3.96. The fourth-order valence-electron chi connectivity index (χ4n) is 2.78. The van der Waals surface area contributed by atoms with Crippen molar-refractivity contribution in [2.75, 3.05) is 13.1 Å². The molecule has 1 N–H and O–H groups in total. The van der Waals surface area contributed by atoms with E-state index in [1.54, 1.807) is 0 Å². The highest BCUT2D eigenvalue weighted by atomic mass is 16.1. The Balaban J connectivity index is 1.77. The number of benzene rings is 1. The third kappa shape index (κ3) is 5.88. The van der Waals surface area contributed by atoms with Crippen LogP contribution in [0, 0.1) is 5.92 Å². The lowest BCUT2D eigenvalue weighted by molar-refractivity contribution is -0.121. The van der Waals surface area contributed by atoms with E-state index in [2.05, 4.69) is 48.3 Å². The third-order valence-corrected chi connectivity index (χ3v) is 3.96. The van der Waals surface area contributed by atoms with Gasteiger partial charge in [-0.05, 0) is 43.0 Å². The van der Waals surface area contributed by atoms with Crippen LogP contribution in [0.1, 0.15) is 50.7 Å². The van der Waals surface area contributed by atoms with Crippen LogP contribution in [0.2, 0.25) is 0 Å². The maximum atomic E-state index is 11.6. The van der Waals surface area contributed by atoms with Crippen LogP contribution in [0.5, 0.6) is 0 Å². The number of nitrogens with one attached hydrogen (secondary N) is 1. The molecule has 1 aromatic rings. The SMILES string of the molecule is CC(C)CC(=O)NCc1ccc(CN2CCCCC2)cc1. The second-order valence-corrected chi connectivity index (χ2v) is 6.53. The number of amides is 1. The molecular weight excluding hydrogens is 260 g/mol. The highest BCUT2D eigenvalue weighted by Gasteiger charge is 2.10. The van der Waals surface area contributed by atoms with Crippen LogP contribution < -0.4 is 5.32 Å².